The molecule has 0 radical (unpaired) electrons. The fourth-order valence-electron chi connectivity index (χ4n) is 4.96. The number of amides is 1. The van der Waals surface area contributed by atoms with Crippen LogP contribution in [0.1, 0.15) is 54.5 Å². The first-order valence-electron chi connectivity index (χ1n) is 12.0. The van der Waals surface area contributed by atoms with Gasteiger partial charge in [-0.25, -0.2) is 9.40 Å². The zero-order valence-corrected chi connectivity index (χ0v) is 20.1. The second-order valence-electron chi connectivity index (χ2n) is 9.17. The summed E-state index contributed by atoms with van der Waals surface area (Å²) >= 11 is 0. The molecule has 1 saturated heterocycles. The number of halogens is 1. The Morgan fingerprint density at radius 3 is 2.71 bits per heavy atom. The molecule has 1 amide bonds. The van der Waals surface area contributed by atoms with Gasteiger partial charge < -0.3 is 4.74 Å². The van der Waals surface area contributed by atoms with Gasteiger partial charge in [-0.2, -0.15) is 5.10 Å². The van der Waals surface area contributed by atoms with E-state index in [1.807, 2.05) is 30.9 Å². The van der Waals surface area contributed by atoms with E-state index < -0.39 is 0 Å². The number of hydrazone groups is 1. The summed E-state index contributed by atoms with van der Waals surface area (Å²) in [5, 5.41) is 6.15. The van der Waals surface area contributed by atoms with E-state index in [0.717, 1.165) is 36.1 Å². The van der Waals surface area contributed by atoms with Crippen molar-refractivity contribution < 1.29 is 18.7 Å². The summed E-state index contributed by atoms with van der Waals surface area (Å²) in [6, 6.07) is 12.4. The quantitative estimate of drug-likeness (QED) is 0.594. The number of benzene rings is 2. The molecule has 6 nitrogen and oxygen atoms in total. The highest BCUT2D eigenvalue weighted by atomic mass is 19.1. The molecule has 180 valence electrons. The van der Waals surface area contributed by atoms with Crippen LogP contribution in [0.3, 0.4) is 0 Å². The van der Waals surface area contributed by atoms with E-state index in [0.29, 0.717) is 30.8 Å². The van der Waals surface area contributed by atoms with Crippen LogP contribution >= 0.6 is 0 Å². The molecule has 34 heavy (non-hydrogen) atoms. The number of aryl methyl sites for hydroxylation is 2. The summed E-state index contributed by atoms with van der Waals surface area (Å²) in [6.07, 6.45) is 2.05. The molecule has 0 aliphatic carbocycles. The van der Waals surface area contributed by atoms with Crippen molar-refractivity contribution in [3.8, 4) is 0 Å². The second-order valence-corrected chi connectivity index (χ2v) is 9.17. The molecule has 4 rings (SSSR count). The predicted octanol–water partition coefficient (Wildman–Crippen LogP) is 4.40. The Kier molecular flexibility index (Phi) is 7.41. The number of hydrogen-bond acceptors (Lipinski definition) is 5. The molecule has 0 aromatic heterocycles. The predicted molar refractivity (Wildman–Crippen MR) is 129 cm³/mol. The van der Waals surface area contributed by atoms with Crippen LogP contribution < -0.4 is 0 Å². The van der Waals surface area contributed by atoms with Crippen molar-refractivity contribution in [2.45, 2.75) is 46.1 Å². The van der Waals surface area contributed by atoms with Crippen LogP contribution in [0, 0.1) is 25.6 Å². The number of nitrogens with zero attached hydrogens (tertiary/aromatic N) is 3. The van der Waals surface area contributed by atoms with Gasteiger partial charge in [-0.3, -0.25) is 14.5 Å². The van der Waals surface area contributed by atoms with Gasteiger partial charge in [-0.1, -0.05) is 42.0 Å². The van der Waals surface area contributed by atoms with Gasteiger partial charge in [0, 0.05) is 18.5 Å². The van der Waals surface area contributed by atoms with Crippen molar-refractivity contribution in [1.82, 2.24) is 9.91 Å². The summed E-state index contributed by atoms with van der Waals surface area (Å²) in [4.78, 5) is 27.7. The lowest BCUT2D eigenvalue weighted by molar-refractivity contribution is -0.150. The Morgan fingerprint density at radius 1 is 1.18 bits per heavy atom. The smallest absolute Gasteiger partial charge is 0.310 e. The maximum absolute atomic E-state index is 14.5. The lowest BCUT2D eigenvalue weighted by Gasteiger charge is -2.32. The minimum atomic E-state index is -0.344. The van der Waals surface area contributed by atoms with Gasteiger partial charge in [-0.05, 0) is 57.4 Å². The van der Waals surface area contributed by atoms with Crippen molar-refractivity contribution in [3.63, 3.8) is 0 Å². The first-order chi connectivity index (χ1) is 16.4. The highest BCUT2D eigenvalue weighted by Crippen LogP contribution is 2.35. The second kappa shape index (κ2) is 10.5. The average molecular weight is 466 g/mol. The summed E-state index contributed by atoms with van der Waals surface area (Å²) < 4.78 is 19.7. The molecule has 0 saturated carbocycles. The molecule has 7 heteroatoms. The Bertz CT molecular complexity index is 1100. The third kappa shape index (κ3) is 5.20. The third-order valence-electron chi connectivity index (χ3n) is 6.62. The van der Waals surface area contributed by atoms with Crippen LogP contribution in [0.2, 0.25) is 0 Å². The van der Waals surface area contributed by atoms with Gasteiger partial charge in [0.15, 0.2) is 0 Å². The van der Waals surface area contributed by atoms with Crippen molar-refractivity contribution in [2.75, 3.05) is 26.2 Å². The van der Waals surface area contributed by atoms with E-state index in [-0.39, 0.29) is 36.2 Å². The summed E-state index contributed by atoms with van der Waals surface area (Å²) in [7, 11) is 0. The lowest BCUT2D eigenvalue weighted by Crippen LogP contribution is -2.44. The van der Waals surface area contributed by atoms with Gasteiger partial charge in [0.05, 0.1) is 30.8 Å². The topological polar surface area (TPSA) is 62.2 Å². The number of esters is 1. The fourth-order valence-corrected chi connectivity index (χ4v) is 4.96. The molecular weight excluding hydrogens is 433 g/mol. The SMILES string of the molecule is CCOC(=O)C1CCCN(CC(=O)N2N=C(c3ccccc3F)CC2c2ccc(C)cc2C)C1. The summed E-state index contributed by atoms with van der Waals surface area (Å²) in [6.45, 7) is 7.61. The summed E-state index contributed by atoms with van der Waals surface area (Å²) in [5.74, 6) is -0.911. The highest BCUT2D eigenvalue weighted by molar-refractivity contribution is 6.03. The molecule has 1 fully saturated rings. The largest absolute Gasteiger partial charge is 0.466 e. The minimum Gasteiger partial charge on any atom is -0.466 e. The number of rotatable bonds is 6. The zero-order valence-electron chi connectivity index (χ0n) is 20.1. The zero-order chi connectivity index (χ0) is 24.2. The normalized spacial score (nSPS) is 20.8. The van der Waals surface area contributed by atoms with Crippen molar-refractivity contribution in [2.24, 2.45) is 11.0 Å². The number of carbonyl (C=O) groups excluding carboxylic acids is 2. The molecule has 2 aromatic carbocycles. The maximum Gasteiger partial charge on any atom is 0.310 e. The Morgan fingerprint density at radius 2 is 1.97 bits per heavy atom. The first kappa shape index (κ1) is 24.1. The minimum absolute atomic E-state index is 0.152. The van der Waals surface area contributed by atoms with E-state index in [4.69, 9.17) is 4.74 Å². The number of carbonyl (C=O) groups is 2. The number of hydrogen-bond donors (Lipinski definition) is 0. The van der Waals surface area contributed by atoms with E-state index in [9.17, 15) is 14.0 Å². The first-order valence-corrected chi connectivity index (χ1v) is 12.0. The van der Waals surface area contributed by atoms with Crippen molar-refractivity contribution in [1.29, 1.82) is 0 Å². The average Bonchev–Trinajstić information content (AvgIpc) is 3.25. The Balaban J connectivity index is 1.58. The standard InChI is InChI=1S/C27H32FN3O3/c1-4-34-27(33)20-8-7-13-30(16-20)17-26(32)31-25(21-12-11-18(2)14-19(21)3)15-24(29-31)22-9-5-6-10-23(22)28/h5-6,9-12,14,20,25H,4,7-8,13,15-17H2,1-3H3. The van der Waals surface area contributed by atoms with Crippen LogP contribution in [0.5, 0.6) is 0 Å². The van der Waals surface area contributed by atoms with Crippen LogP contribution in [-0.4, -0.2) is 53.7 Å². The number of likely N-dealkylation sites (tertiary alicyclic amines) is 1. The van der Waals surface area contributed by atoms with E-state index in [1.165, 1.54) is 11.1 Å². The molecule has 0 spiro atoms. The number of piperidine rings is 1. The van der Waals surface area contributed by atoms with Crippen molar-refractivity contribution in [3.05, 3.63) is 70.5 Å². The van der Waals surface area contributed by atoms with E-state index in [1.54, 1.807) is 25.1 Å². The van der Waals surface area contributed by atoms with E-state index in [2.05, 4.69) is 11.2 Å². The highest BCUT2D eigenvalue weighted by Gasteiger charge is 2.36. The number of ether oxygens (including phenoxy) is 1. The molecule has 2 atom stereocenters. The van der Waals surface area contributed by atoms with Crippen LogP contribution in [0.4, 0.5) is 4.39 Å². The maximum atomic E-state index is 14.5. The van der Waals surface area contributed by atoms with Crippen LogP contribution in [0.25, 0.3) is 0 Å². The molecule has 0 N–H and O–H groups in total. The molecule has 2 unspecified atom stereocenters. The molecule has 2 aliphatic rings. The van der Waals surface area contributed by atoms with Crippen LogP contribution in [-0.2, 0) is 14.3 Å². The molecule has 2 heterocycles. The van der Waals surface area contributed by atoms with E-state index >= 15 is 0 Å². The van der Waals surface area contributed by atoms with Gasteiger partial charge in [-0.15, -0.1) is 0 Å². The molecule has 0 bridgehead atoms. The Hall–Kier alpha value is -3.06. The van der Waals surface area contributed by atoms with Gasteiger partial charge in [0.25, 0.3) is 5.91 Å². The Labute approximate surface area is 200 Å². The van der Waals surface area contributed by atoms with Gasteiger partial charge in [0.2, 0.25) is 0 Å². The van der Waals surface area contributed by atoms with Gasteiger partial charge >= 0.3 is 5.97 Å². The van der Waals surface area contributed by atoms with Gasteiger partial charge in [0.1, 0.15) is 5.82 Å². The molecule has 2 aromatic rings. The summed E-state index contributed by atoms with van der Waals surface area (Å²) in [5.41, 5.74) is 4.23. The molecular formula is C27H32FN3O3. The fraction of sp³-hybridized carbons (Fsp3) is 0.444. The monoisotopic (exact) mass is 465 g/mol. The lowest BCUT2D eigenvalue weighted by atomic mass is 9.94. The van der Waals surface area contributed by atoms with Crippen molar-refractivity contribution >= 4 is 17.6 Å². The molecule has 2 aliphatic heterocycles. The third-order valence-corrected chi connectivity index (χ3v) is 6.62. The van der Waals surface area contributed by atoms with Crippen LogP contribution in [0.15, 0.2) is 47.6 Å².